The fraction of sp³-hybridized carbons (Fsp3) is 0.214. The predicted octanol–water partition coefficient (Wildman–Crippen LogP) is 4.37. The number of ether oxygens (including phenoxy) is 1. The summed E-state index contributed by atoms with van der Waals surface area (Å²) in [4.78, 5) is 3.90. The van der Waals surface area contributed by atoms with Crippen LogP contribution in [0.3, 0.4) is 0 Å². The van der Waals surface area contributed by atoms with Crippen molar-refractivity contribution in [3.05, 3.63) is 53.0 Å². The zero-order chi connectivity index (χ0) is 13.1. The summed E-state index contributed by atoms with van der Waals surface area (Å²) in [5, 5.41) is 0. The van der Waals surface area contributed by atoms with E-state index in [4.69, 9.17) is 16.3 Å². The molecule has 0 fully saturated rings. The van der Waals surface area contributed by atoms with Crippen molar-refractivity contribution in [1.29, 1.82) is 0 Å². The Labute approximate surface area is 110 Å². The summed E-state index contributed by atoms with van der Waals surface area (Å²) in [6.07, 6.45) is 1.49. The SMILES string of the molecule is Cc1ccc(C)c(Oc2nccc(CCl)c2F)c1. The van der Waals surface area contributed by atoms with Crippen LogP contribution in [0.4, 0.5) is 4.39 Å². The summed E-state index contributed by atoms with van der Waals surface area (Å²) in [5.74, 6) is 0.153. The summed E-state index contributed by atoms with van der Waals surface area (Å²) in [6.45, 7) is 3.85. The lowest BCUT2D eigenvalue weighted by atomic mass is 10.1. The molecule has 4 heteroatoms. The Morgan fingerprint density at radius 1 is 1.28 bits per heavy atom. The smallest absolute Gasteiger partial charge is 0.256 e. The van der Waals surface area contributed by atoms with Crippen molar-refractivity contribution in [3.8, 4) is 11.6 Å². The maximum absolute atomic E-state index is 13.9. The fourth-order valence-corrected chi connectivity index (χ4v) is 1.76. The molecule has 0 saturated heterocycles. The monoisotopic (exact) mass is 265 g/mol. The maximum atomic E-state index is 13.9. The second-order valence-corrected chi connectivity index (χ2v) is 4.36. The van der Waals surface area contributed by atoms with Gasteiger partial charge in [-0.05, 0) is 37.1 Å². The van der Waals surface area contributed by atoms with Crippen LogP contribution in [0.1, 0.15) is 16.7 Å². The molecule has 2 aromatic rings. The molecule has 2 nitrogen and oxygen atoms in total. The number of benzene rings is 1. The van der Waals surface area contributed by atoms with E-state index in [2.05, 4.69) is 4.98 Å². The fourth-order valence-electron chi connectivity index (χ4n) is 1.56. The highest BCUT2D eigenvalue weighted by Crippen LogP contribution is 2.27. The number of aryl methyl sites for hydroxylation is 2. The molecule has 0 unspecified atom stereocenters. The van der Waals surface area contributed by atoms with Gasteiger partial charge in [-0.1, -0.05) is 12.1 Å². The Kier molecular flexibility index (Phi) is 3.82. The molecule has 1 aromatic heterocycles. The van der Waals surface area contributed by atoms with E-state index in [1.807, 2.05) is 32.0 Å². The van der Waals surface area contributed by atoms with Crippen LogP contribution >= 0.6 is 11.6 Å². The highest BCUT2D eigenvalue weighted by molar-refractivity contribution is 6.17. The summed E-state index contributed by atoms with van der Waals surface area (Å²) >= 11 is 5.64. The van der Waals surface area contributed by atoms with Crippen LogP contribution in [0.15, 0.2) is 30.5 Å². The van der Waals surface area contributed by atoms with Crippen LogP contribution < -0.4 is 4.74 Å². The van der Waals surface area contributed by atoms with Crippen molar-refractivity contribution >= 4 is 11.6 Å². The van der Waals surface area contributed by atoms with Crippen molar-refractivity contribution in [2.24, 2.45) is 0 Å². The zero-order valence-corrected chi connectivity index (χ0v) is 11.0. The molecule has 0 spiro atoms. The number of alkyl halides is 1. The third-order valence-corrected chi connectivity index (χ3v) is 2.92. The van der Waals surface area contributed by atoms with E-state index in [-0.39, 0.29) is 11.8 Å². The van der Waals surface area contributed by atoms with Crippen molar-refractivity contribution < 1.29 is 9.13 Å². The number of pyridine rings is 1. The molecular weight excluding hydrogens is 253 g/mol. The van der Waals surface area contributed by atoms with Gasteiger partial charge in [-0.3, -0.25) is 0 Å². The van der Waals surface area contributed by atoms with E-state index < -0.39 is 5.82 Å². The van der Waals surface area contributed by atoms with Gasteiger partial charge in [0.05, 0.1) is 5.88 Å². The van der Waals surface area contributed by atoms with E-state index in [1.54, 1.807) is 0 Å². The van der Waals surface area contributed by atoms with Gasteiger partial charge < -0.3 is 4.74 Å². The molecule has 0 aliphatic rings. The zero-order valence-electron chi connectivity index (χ0n) is 10.2. The third kappa shape index (κ3) is 2.62. The summed E-state index contributed by atoms with van der Waals surface area (Å²) in [5.41, 5.74) is 2.36. The first kappa shape index (κ1) is 12.8. The highest BCUT2D eigenvalue weighted by Gasteiger charge is 2.12. The molecule has 18 heavy (non-hydrogen) atoms. The second-order valence-electron chi connectivity index (χ2n) is 4.09. The van der Waals surface area contributed by atoms with E-state index in [1.165, 1.54) is 12.3 Å². The van der Waals surface area contributed by atoms with Gasteiger partial charge in [-0.25, -0.2) is 9.37 Å². The molecule has 0 radical (unpaired) electrons. The van der Waals surface area contributed by atoms with Crippen LogP contribution in [0.5, 0.6) is 11.6 Å². The largest absolute Gasteiger partial charge is 0.436 e. The van der Waals surface area contributed by atoms with Gasteiger partial charge in [0.1, 0.15) is 5.75 Å². The van der Waals surface area contributed by atoms with Crippen LogP contribution in [-0.2, 0) is 5.88 Å². The van der Waals surface area contributed by atoms with E-state index >= 15 is 0 Å². The van der Waals surface area contributed by atoms with Gasteiger partial charge in [-0.15, -0.1) is 11.6 Å². The van der Waals surface area contributed by atoms with Crippen molar-refractivity contribution in [2.45, 2.75) is 19.7 Å². The second kappa shape index (κ2) is 5.36. The van der Waals surface area contributed by atoms with Gasteiger partial charge in [0.2, 0.25) is 0 Å². The molecule has 0 bridgehead atoms. The third-order valence-electron chi connectivity index (χ3n) is 2.63. The molecule has 2 rings (SSSR count). The molecule has 0 saturated carbocycles. The first-order chi connectivity index (χ1) is 8.61. The first-order valence-corrected chi connectivity index (χ1v) is 6.09. The topological polar surface area (TPSA) is 22.1 Å². The minimum Gasteiger partial charge on any atom is -0.436 e. The van der Waals surface area contributed by atoms with Crippen LogP contribution in [0, 0.1) is 19.7 Å². The number of hydrogen-bond acceptors (Lipinski definition) is 2. The number of nitrogens with zero attached hydrogens (tertiary/aromatic N) is 1. The Morgan fingerprint density at radius 2 is 2.06 bits per heavy atom. The lowest BCUT2D eigenvalue weighted by Crippen LogP contribution is -1.97. The average Bonchev–Trinajstić information content (AvgIpc) is 2.36. The van der Waals surface area contributed by atoms with Crippen LogP contribution in [0.2, 0.25) is 0 Å². The minimum atomic E-state index is -0.506. The first-order valence-electron chi connectivity index (χ1n) is 5.56. The molecule has 1 aromatic carbocycles. The number of halogens is 2. The molecule has 0 amide bonds. The van der Waals surface area contributed by atoms with Gasteiger partial charge in [0, 0.05) is 11.8 Å². The van der Waals surface area contributed by atoms with Gasteiger partial charge in [0.15, 0.2) is 5.82 Å². The van der Waals surface area contributed by atoms with Crippen molar-refractivity contribution in [2.75, 3.05) is 0 Å². The Morgan fingerprint density at radius 3 is 2.78 bits per heavy atom. The molecule has 0 N–H and O–H groups in total. The van der Waals surface area contributed by atoms with Gasteiger partial charge >= 0.3 is 0 Å². The number of rotatable bonds is 3. The molecular formula is C14H13ClFNO. The van der Waals surface area contributed by atoms with E-state index in [0.29, 0.717) is 11.3 Å². The lowest BCUT2D eigenvalue weighted by Gasteiger charge is -2.10. The molecule has 94 valence electrons. The lowest BCUT2D eigenvalue weighted by molar-refractivity contribution is 0.417. The van der Waals surface area contributed by atoms with Gasteiger partial charge in [-0.2, -0.15) is 0 Å². The van der Waals surface area contributed by atoms with Crippen LogP contribution in [0.25, 0.3) is 0 Å². The average molecular weight is 266 g/mol. The minimum absolute atomic E-state index is 0.0400. The Balaban J connectivity index is 2.37. The molecule has 0 atom stereocenters. The Bertz CT molecular complexity index is 572. The standard InChI is InChI=1S/C14H13ClFNO/c1-9-3-4-10(2)12(7-9)18-14-13(16)11(8-15)5-6-17-14/h3-7H,8H2,1-2H3. The quantitative estimate of drug-likeness (QED) is 0.769. The number of hydrogen-bond donors (Lipinski definition) is 0. The summed E-state index contributed by atoms with van der Waals surface area (Å²) < 4.78 is 19.4. The van der Waals surface area contributed by atoms with Crippen molar-refractivity contribution in [1.82, 2.24) is 4.98 Å². The maximum Gasteiger partial charge on any atom is 0.256 e. The van der Waals surface area contributed by atoms with Gasteiger partial charge in [0.25, 0.3) is 5.88 Å². The van der Waals surface area contributed by atoms with E-state index in [0.717, 1.165) is 11.1 Å². The highest BCUT2D eigenvalue weighted by atomic mass is 35.5. The molecule has 1 heterocycles. The van der Waals surface area contributed by atoms with E-state index in [9.17, 15) is 4.39 Å². The predicted molar refractivity (Wildman–Crippen MR) is 69.7 cm³/mol. The summed E-state index contributed by atoms with van der Waals surface area (Å²) in [7, 11) is 0. The van der Waals surface area contributed by atoms with Crippen LogP contribution in [-0.4, -0.2) is 4.98 Å². The normalized spacial score (nSPS) is 10.4. The molecule has 0 aliphatic heterocycles. The number of aromatic nitrogens is 1. The summed E-state index contributed by atoms with van der Waals surface area (Å²) in [6, 6.07) is 7.29. The Hall–Kier alpha value is -1.61. The van der Waals surface area contributed by atoms with Crippen molar-refractivity contribution in [3.63, 3.8) is 0 Å². The molecule has 0 aliphatic carbocycles.